The van der Waals surface area contributed by atoms with Crippen LogP contribution in [0, 0.1) is 6.92 Å². The molecule has 4 nitrogen and oxygen atoms in total. The second-order valence-corrected chi connectivity index (χ2v) is 5.73. The third-order valence-electron chi connectivity index (χ3n) is 4.38. The molecule has 0 fully saturated rings. The van der Waals surface area contributed by atoms with Crippen molar-refractivity contribution in [2.45, 2.75) is 38.6 Å². The van der Waals surface area contributed by atoms with Gasteiger partial charge in [-0.1, -0.05) is 6.07 Å². The molecule has 0 amide bonds. The fourth-order valence-corrected chi connectivity index (χ4v) is 3.10. The van der Waals surface area contributed by atoms with Crippen LogP contribution in [0.4, 0.5) is 0 Å². The first-order chi connectivity index (χ1) is 10.3. The van der Waals surface area contributed by atoms with Crippen LogP contribution in [0.1, 0.15) is 41.3 Å². The molecule has 0 saturated carbocycles. The number of H-pyrrole nitrogens is 1. The van der Waals surface area contributed by atoms with E-state index in [9.17, 15) is 0 Å². The Balaban J connectivity index is 1.52. The number of aromatic nitrogens is 2. The van der Waals surface area contributed by atoms with Crippen LogP contribution in [0.25, 0.3) is 0 Å². The van der Waals surface area contributed by atoms with Crippen LogP contribution in [0.2, 0.25) is 0 Å². The number of hydrogen-bond acceptors (Lipinski definition) is 3. The molecule has 112 valence electrons. The zero-order valence-electron chi connectivity index (χ0n) is 12.8. The smallest absolute Gasteiger partial charge is 0.119 e. The van der Waals surface area contributed by atoms with Crippen molar-refractivity contribution in [3.8, 4) is 5.75 Å². The largest absolute Gasteiger partial charge is 0.497 e. The van der Waals surface area contributed by atoms with Crippen LogP contribution >= 0.6 is 0 Å². The number of benzene rings is 1. The Labute approximate surface area is 125 Å². The standard InChI is InChI=1S/C17H23N3O/c1-12-14(11-19-20-12)4-3-9-18-17-8-6-13-5-7-15(21-2)10-16(13)17/h5,7,10-11,17-18H,3-4,6,8-9H2,1-2H3,(H,19,20). The number of ether oxygens (including phenoxy) is 1. The molecule has 0 bridgehead atoms. The monoisotopic (exact) mass is 285 g/mol. The van der Waals surface area contributed by atoms with E-state index >= 15 is 0 Å². The highest BCUT2D eigenvalue weighted by Crippen LogP contribution is 2.33. The van der Waals surface area contributed by atoms with Crippen LogP contribution in [0.5, 0.6) is 5.75 Å². The van der Waals surface area contributed by atoms with Crippen LogP contribution in [-0.2, 0) is 12.8 Å². The highest BCUT2D eigenvalue weighted by Gasteiger charge is 2.22. The maximum Gasteiger partial charge on any atom is 0.119 e. The molecule has 0 aliphatic heterocycles. The summed E-state index contributed by atoms with van der Waals surface area (Å²) in [5, 5.41) is 10.7. The first-order valence-corrected chi connectivity index (χ1v) is 7.67. The summed E-state index contributed by atoms with van der Waals surface area (Å²) in [6.07, 6.45) is 6.50. The summed E-state index contributed by atoms with van der Waals surface area (Å²) in [7, 11) is 1.73. The van der Waals surface area contributed by atoms with Crippen LogP contribution < -0.4 is 10.1 Å². The SMILES string of the molecule is COc1ccc2c(c1)C(NCCCc1cn[nH]c1C)CC2. The summed E-state index contributed by atoms with van der Waals surface area (Å²) in [4.78, 5) is 0. The molecule has 4 heteroatoms. The lowest BCUT2D eigenvalue weighted by molar-refractivity contribution is 0.413. The Morgan fingerprint density at radius 1 is 1.43 bits per heavy atom. The van der Waals surface area contributed by atoms with Crippen molar-refractivity contribution >= 4 is 0 Å². The van der Waals surface area contributed by atoms with Gasteiger partial charge in [0.1, 0.15) is 5.75 Å². The Morgan fingerprint density at radius 3 is 3.10 bits per heavy atom. The fourth-order valence-electron chi connectivity index (χ4n) is 3.10. The van der Waals surface area contributed by atoms with E-state index in [1.165, 1.54) is 28.8 Å². The highest BCUT2D eigenvalue weighted by atomic mass is 16.5. The number of hydrogen-bond donors (Lipinski definition) is 2. The molecule has 0 saturated heterocycles. The van der Waals surface area contributed by atoms with Crippen LogP contribution in [-0.4, -0.2) is 23.9 Å². The van der Waals surface area contributed by atoms with Gasteiger partial charge in [0.15, 0.2) is 0 Å². The molecule has 0 spiro atoms. The lowest BCUT2D eigenvalue weighted by atomic mass is 10.1. The van der Waals surface area contributed by atoms with Gasteiger partial charge in [-0.25, -0.2) is 0 Å². The average molecular weight is 285 g/mol. The molecule has 1 aliphatic rings. The number of nitrogens with one attached hydrogen (secondary N) is 2. The van der Waals surface area contributed by atoms with Gasteiger partial charge in [0.2, 0.25) is 0 Å². The molecule has 3 rings (SSSR count). The third kappa shape index (κ3) is 3.10. The van der Waals surface area contributed by atoms with E-state index in [4.69, 9.17) is 4.74 Å². The second kappa shape index (κ2) is 6.31. The van der Waals surface area contributed by atoms with Gasteiger partial charge in [0, 0.05) is 11.7 Å². The van der Waals surface area contributed by atoms with Crippen molar-refractivity contribution in [3.05, 3.63) is 46.8 Å². The number of methoxy groups -OCH3 is 1. The average Bonchev–Trinajstić information content (AvgIpc) is 3.09. The second-order valence-electron chi connectivity index (χ2n) is 5.73. The normalized spacial score (nSPS) is 17.0. The molecule has 1 heterocycles. The van der Waals surface area contributed by atoms with E-state index in [1.54, 1.807) is 7.11 Å². The van der Waals surface area contributed by atoms with Gasteiger partial charge in [-0.05, 0) is 68.0 Å². The Bertz CT molecular complexity index is 606. The van der Waals surface area contributed by atoms with Crippen LogP contribution in [0.15, 0.2) is 24.4 Å². The minimum Gasteiger partial charge on any atom is -0.497 e. The summed E-state index contributed by atoms with van der Waals surface area (Å²) in [6, 6.07) is 6.91. The molecule has 2 aromatic rings. The summed E-state index contributed by atoms with van der Waals surface area (Å²) >= 11 is 0. The maximum atomic E-state index is 5.34. The highest BCUT2D eigenvalue weighted by molar-refractivity contribution is 5.40. The minimum absolute atomic E-state index is 0.473. The summed E-state index contributed by atoms with van der Waals surface area (Å²) in [6.45, 7) is 3.11. The van der Waals surface area contributed by atoms with Gasteiger partial charge in [-0.2, -0.15) is 5.10 Å². The quantitative estimate of drug-likeness (QED) is 0.802. The molecule has 1 atom stereocenters. The molecule has 1 aliphatic carbocycles. The third-order valence-corrected chi connectivity index (χ3v) is 4.38. The minimum atomic E-state index is 0.473. The maximum absolute atomic E-state index is 5.34. The fraction of sp³-hybridized carbons (Fsp3) is 0.471. The van der Waals surface area contributed by atoms with Crippen molar-refractivity contribution in [2.24, 2.45) is 0 Å². The Morgan fingerprint density at radius 2 is 2.33 bits per heavy atom. The van der Waals surface area contributed by atoms with Gasteiger partial charge in [-0.3, -0.25) is 5.10 Å². The molecule has 1 unspecified atom stereocenters. The van der Waals surface area contributed by atoms with Gasteiger partial charge in [0.25, 0.3) is 0 Å². The summed E-state index contributed by atoms with van der Waals surface area (Å²) in [5.41, 5.74) is 5.38. The molecule has 1 aromatic heterocycles. The van der Waals surface area contributed by atoms with E-state index in [1.807, 2.05) is 6.20 Å². The summed E-state index contributed by atoms with van der Waals surface area (Å²) < 4.78 is 5.34. The number of aryl methyl sites for hydroxylation is 3. The molecule has 0 radical (unpaired) electrons. The summed E-state index contributed by atoms with van der Waals surface area (Å²) in [5.74, 6) is 0.955. The lowest BCUT2D eigenvalue weighted by Gasteiger charge is -2.14. The van der Waals surface area contributed by atoms with Crippen molar-refractivity contribution < 1.29 is 4.74 Å². The molecular weight excluding hydrogens is 262 g/mol. The van der Waals surface area contributed by atoms with E-state index < -0.39 is 0 Å². The molecular formula is C17H23N3O. The number of aromatic amines is 1. The molecule has 21 heavy (non-hydrogen) atoms. The van der Waals surface area contributed by atoms with Crippen LogP contribution in [0.3, 0.4) is 0 Å². The van der Waals surface area contributed by atoms with E-state index in [0.717, 1.165) is 31.6 Å². The van der Waals surface area contributed by atoms with Gasteiger partial charge in [-0.15, -0.1) is 0 Å². The number of nitrogens with zero attached hydrogens (tertiary/aromatic N) is 1. The molecule has 2 N–H and O–H groups in total. The van der Waals surface area contributed by atoms with Crippen molar-refractivity contribution in [2.75, 3.05) is 13.7 Å². The Hall–Kier alpha value is -1.81. The number of fused-ring (bicyclic) bond motifs is 1. The van der Waals surface area contributed by atoms with E-state index in [2.05, 4.69) is 40.6 Å². The molecule has 1 aromatic carbocycles. The van der Waals surface area contributed by atoms with Gasteiger partial charge >= 0.3 is 0 Å². The van der Waals surface area contributed by atoms with E-state index in [0.29, 0.717) is 6.04 Å². The van der Waals surface area contributed by atoms with Crippen molar-refractivity contribution in [3.63, 3.8) is 0 Å². The zero-order valence-corrected chi connectivity index (χ0v) is 12.8. The first-order valence-electron chi connectivity index (χ1n) is 7.67. The predicted molar refractivity (Wildman–Crippen MR) is 83.7 cm³/mol. The lowest BCUT2D eigenvalue weighted by Crippen LogP contribution is -2.20. The van der Waals surface area contributed by atoms with Crippen molar-refractivity contribution in [1.29, 1.82) is 0 Å². The van der Waals surface area contributed by atoms with E-state index in [-0.39, 0.29) is 0 Å². The topological polar surface area (TPSA) is 49.9 Å². The van der Waals surface area contributed by atoms with Gasteiger partial charge < -0.3 is 10.1 Å². The Kier molecular flexibility index (Phi) is 4.25. The predicted octanol–water partition coefficient (Wildman–Crippen LogP) is 2.94. The zero-order chi connectivity index (χ0) is 14.7. The first kappa shape index (κ1) is 14.1. The number of rotatable bonds is 6. The van der Waals surface area contributed by atoms with Gasteiger partial charge in [0.05, 0.1) is 13.3 Å². The van der Waals surface area contributed by atoms with Crippen molar-refractivity contribution in [1.82, 2.24) is 15.5 Å².